The Balaban J connectivity index is 2.29. The molecule has 0 spiro atoms. The second kappa shape index (κ2) is 7.73. The van der Waals surface area contributed by atoms with Gasteiger partial charge in [-0.25, -0.2) is 0 Å². The topological polar surface area (TPSA) is 130 Å². The van der Waals surface area contributed by atoms with E-state index in [0.717, 1.165) is 4.90 Å². The lowest BCUT2D eigenvalue weighted by Gasteiger charge is -2.37. The van der Waals surface area contributed by atoms with E-state index in [-0.39, 0.29) is 27.7 Å². The highest BCUT2D eigenvalue weighted by atomic mass is 35.5. The molecule has 2 unspecified atom stereocenters. The molecular formula is C20H15ClN4O4. The van der Waals surface area contributed by atoms with Gasteiger partial charge in [0.15, 0.2) is 0 Å². The van der Waals surface area contributed by atoms with Crippen LogP contribution in [-0.2, 0) is 9.59 Å². The third-order valence-corrected chi connectivity index (χ3v) is 5.09. The van der Waals surface area contributed by atoms with E-state index in [1.807, 2.05) is 6.07 Å². The number of nitro groups is 1. The van der Waals surface area contributed by atoms with Gasteiger partial charge in [-0.15, -0.1) is 0 Å². The quantitative estimate of drug-likeness (QED) is 0.467. The normalized spacial score (nSPS) is 19.1. The van der Waals surface area contributed by atoms with Gasteiger partial charge in [-0.1, -0.05) is 29.8 Å². The number of non-ortho nitro benzene ring substituents is 1. The summed E-state index contributed by atoms with van der Waals surface area (Å²) in [6.45, 7) is 1.22. The zero-order valence-electron chi connectivity index (χ0n) is 15.2. The number of benzene rings is 2. The van der Waals surface area contributed by atoms with Crippen LogP contribution in [0.15, 0.2) is 59.9 Å². The van der Waals surface area contributed by atoms with Crippen molar-refractivity contribution in [2.24, 2.45) is 11.7 Å². The highest BCUT2D eigenvalue weighted by molar-refractivity contribution is 6.31. The van der Waals surface area contributed by atoms with Gasteiger partial charge in [-0.3, -0.25) is 24.6 Å². The number of Topliss-reactive ketones (excluding diaryl/α,β-unsaturated/α-hetero) is 1. The summed E-state index contributed by atoms with van der Waals surface area (Å²) in [6, 6.07) is 14.0. The zero-order valence-corrected chi connectivity index (χ0v) is 16.0. The van der Waals surface area contributed by atoms with Crippen LogP contribution in [0.2, 0.25) is 5.02 Å². The first-order chi connectivity index (χ1) is 13.8. The lowest BCUT2D eigenvalue weighted by atomic mass is 9.75. The zero-order chi connectivity index (χ0) is 21.3. The summed E-state index contributed by atoms with van der Waals surface area (Å²) in [4.78, 5) is 37.4. The van der Waals surface area contributed by atoms with Gasteiger partial charge in [0.05, 0.1) is 22.3 Å². The molecule has 3 rings (SSSR count). The highest BCUT2D eigenvalue weighted by Crippen LogP contribution is 2.44. The lowest BCUT2D eigenvalue weighted by Crippen LogP contribution is -2.48. The molecule has 0 aromatic heterocycles. The number of ketones is 1. The molecule has 1 aliphatic heterocycles. The Labute approximate surface area is 170 Å². The molecule has 9 heteroatoms. The molecule has 2 aromatic carbocycles. The summed E-state index contributed by atoms with van der Waals surface area (Å²) in [6.07, 6.45) is 0. The van der Waals surface area contributed by atoms with Crippen LogP contribution in [0, 0.1) is 27.4 Å². The first-order valence-electron chi connectivity index (χ1n) is 8.51. The average Bonchev–Trinajstić information content (AvgIpc) is 2.68. The predicted molar refractivity (Wildman–Crippen MR) is 106 cm³/mol. The van der Waals surface area contributed by atoms with E-state index >= 15 is 0 Å². The Hall–Kier alpha value is -3.70. The minimum absolute atomic E-state index is 0.0592. The van der Waals surface area contributed by atoms with Crippen LogP contribution in [0.1, 0.15) is 18.4 Å². The van der Waals surface area contributed by atoms with Crippen molar-refractivity contribution in [2.75, 3.05) is 4.90 Å². The number of para-hydroxylation sites is 1. The number of carbonyl (C=O) groups excluding carboxylic acids is 2. The number of allylic oxidation sites excluding steroid dienone is 1. The second-order valence-corrected chi connectivity index (χ2v) is 6.86. The molecule has 0 radical (unpaired) electrons. The third-order valence-electron chi connectivity index (χ3n) is 4.75. The number of amides is 1. The smallest absolute Gasteiger partial charge is 0.269 e. The van der Waals surface area contributed by atoms with Crippen molar-refractivity contribution in [2.45, 2.75) is 12.8 Å². The molecular weight excluding hydrogens is 396 g/mol. The Morgan fingerprint density at radius 3 is 2.48 bits per heavy atom. The minimum atomic E-state index is -1.31. The van der Waals surface area contributed by atoms with Crippen LogP contribution >= 0.6 is 11.6 Å². The van der Waals surface area contributed by atoms with E-state index in [2.05, 4.69) is 0 Å². The number of halogens is 1. The summed E-state index contributed by atoms with van der Waals surface area (Å²) in [5, 5.41) is 21.1. The van der Waals surface area contributed by atoms with Crippen molar-refractivity contribution in [3.63, 3.8) is 0 Å². The Morgan fingerprint density at radius 1 is 1.28 bits per heavy atom. The maximum absolute atomic E-state index is 13.3. The SMILES string of the molecule is CC(=O)C1C(=O)N(c2ccccc2)C(N)=C(C#N)C1c1cc([N+](=O)[O-])ccc1Cl. The first kappa shape index (κ1) is 20.0. The number of hydrogen-bond acceptors (Lipinski definition) is 6. The molecule has 0 fully saturated rings. The summed E-state index contributed by atoms with van der Waals surface area (Å²) in [7, 11) is 0. The molecule has 2 atom stereocenters. The van der Waals surface area contributed by atoms with Crippen LogP contribution < -0.4 is 10.6 Å². The Bertz CT molecular complexity index is 1090. The van der Waals surface area contributed by atoms with Crippen molar-refractivity contribution >= 4 is 34.7 Å². The maximum Gasteiger partial charge on any atom is 0.269 e. The van der Waals surface area contributed by atoms with E-state index in [9.17, 15) is 25.0 Å². The summed E-state index contributed by atoms with van der Waals surface area (Å²) in [5.74, 6) is -3.72. The molecule has 29 heavy (non-hydrogen) atoms. The molecule has 1 aliphatic rings. The van der Waals surface area contributed by atoms with Crippen LogP contribution in [0.3, 0.4) is 0 Å². The summed E-state index contributed by atoms with van der Waals surface area (Å²) in [5.41, 5.74) is 6.36. The fourth-order valence-electron chi connectivity index (χ4n) is 3.44. The van der Waals surface area contributed by atoms with Crippen molar-refractivity contribution in [3.8, 4) is 6.07 Å². The highest BCUT2D eigenvalue weighted by Gasteiger charge is 2.46. The minimum Gasteiger partial charge on any atom is -0.384 e. The molecule has 0 aliphatic carbocycles. The number of hydrogen-bond donors (Lipinski definition) is 1. The van der Waals surface area contributed by atoms with Gasteiger partial charge in [0, 0.05) is 23.1 Å². The second-order valence-electron chi connectivity index (χ2n) is 6.45. The van der Waals surface area contributed by atoms with E-state index < -0.39 is 28.4 Å². The van der Waals surface area contributed by atoms with Gasteiger partial charge >= 0.3 is 0 Å². The molecule has 146 valence electrons. The summed E-state index contributed by atoms with van der Waals surface area (Å²) >= 11 is 6.24. The van der Waals surface area contributed by atoms with Crippen molar-refractivity contribution < 1.29 is 14.5 Å². The van der Waals surface area contributed by atoms with Gasteiger partial charge in [0.25, 0.3) is 5.69 Å². The predicted octanol–water partition coefficient (Wildman–Crippen LogP) is 3.28. The standard InChI is InChI=1S/C20H15ClN4O4/c1-11(26)17-18(14-9-13(25(28)29)7-8-16(14)21)15(10-22)19(23)24(20(17)27)12-5-3-2-4-6-12/h2-9,17-18H,23H2,1H3. The summed E-state index contributed by atoms with van der Waals surface area (Å²) < 4.78 is 0. The van der Waals surface area contributed by atoms with E-state index in [4.69, 9.17) is 17.3 Å². The first-order valence-corrected chi connectivity index (χ1v) is 8.88. The van der Waals surface area contributed by atoms with Gasteiger partial charge in [-0.2, -0.15) is 5.26 Å². The van der Waals surface area contributed by atoms with Gasteiger partial charge in [0.2, 0.25) is 5.91 Å². The number of rotatable bonds is 4. The molecule has 2 aromatic rings. The number of nitrogens with zero attached hydrogens (tertiary/aromatic N) is 3. The maximum atomic E-state index is 13.3. The van der Waals surface area contributed by atoms with Gasteiger partial charge < -0.3 is 5.73 Å². The lowest BCUT2D eigenvalue weighted by molar-refractivity contribution is -0.384. The third kappa shape index (κ3) is 3.44. The monoisotopic (exact) mass is 410 g/mol. The Kier molecular flexibility index (Phi) is 5.35. The van der Waals surface area contributed by atoms with Crippen LogP contribution in [0.25, 0.3) is 0 Å². The van der Waals surface area contributed by atoms with Crippen LogP contribution in [0.5, 0.6) is 0 Å². The number of nitrogens with two attached hydrogens (primary N) is 1. The Morgan fingerprint density at radius 2 is 1.93 bits per heavy atom. The van der Waals surface area contributed by atoms with Crippen molar-refractivity contribution in [1.29, 1.82) is 5.26 Å². The van der Waals surface area contributed by atoms with Gasteiger partial charge in [0.1, 0.15) is 17.5 Å². The van der Waals surface area contributed by atoms with E-state index in [1.165, 1.54) is 25.1 Å². The number of carbonyl (C=O) groups is 2. The van der Waals surface area contributed by atoms with Crippen molar-refractivity contribution in [3.05, 3.63) is 80.6 Å². The van der Waals surface area contributed by atoms with E-state index in [0.29, 0.717) is 5.69 Å². The molecule has 2 N–H and O–H groups in total. The largest absolute Gasteiger partial charge is 0.384 e. The van der Waals surface area contributed by atoms with E-state index in [1.54, 1.807) is 30.3 Å². The van der Waals surface area contributed by atoms with Crippen molar-refractivity contribution in [1.82, 2.24) is 0 Å². The molecule has 1 heterocycles. The molecule has 8 nitrogen and oxygen atoms in total. The molecule has 1 amide bonds. The van der Waals surface area contributed by atoms with Gasteiger partial charge in [-0.05, 0) is 30.7 Å². The average molecular weight is 411 g/mol. The number of anilines is 1. The molecule has 0 saturated carbocycles. The molecule has 0 bridgehead atoms. The molecule has 0 saturated heterocycles. The fourth-order valence-corrected chi connectivity index (χ4v) is 3.68. The van der Waals surface area contributed by atoms with Crippen LogP contribution in [0.4, 0.5) is 11.4 Å². The fraction of sp³-hybridized carbons (Fsp3) is 0.150. The number of nitriles is 1. The van der Waals surface area contributed by atoms with Crippen LogP contribution in [-0.4, -0.2) is 16.6 Å². The number of nitro benzene ring substituents is 1.